The molecule has 0 radical (unpaired) electrons. The van der Waals surface area contributed by atoms with Gasteiger partial charge in [0.2, 0.25) is 5.82 Å². The van der Waals surface area contributed by atoms with Gasteiger partial charge in [0.25, 0.3) is 0 Å². The van der Waals surface area contributed by atoms with Gasteiger partial charge < -0.3 is 10.4 Å². The molecule has 0 saturated heterocycles. The number of carbonyl (C=O) groups is 1. The van der Waals surface area contributed by atoms with Crippen LogP contribution in [0.15, 0.2) is 12.3 Å². The quantitative estimate of drug-likeness (QED) is 0.616. The Morgan fingerprint density at radius 2 is 2.35 bits per heavy atom. The predicted molar refractivity (Wildman–Crippen MR) is 68.0 cm³/mol. The van der Waals surface area contributed by atoms with Crippen molar-refractivity contribution in [3.8, 4) is 6.07 Å². The Bertz CT molecular complexity index is 620. The molecule has 1 aliphatic carbocycles. The van der Waals surface area contributed by atoms with Crippen LogP contribution < -0.4 is 5.32 Å². The summed E-state index contributed by atoms with van der Waals surface area (Å²) < 4.78 is 0. The van der Waals surface area contributed by atoms with Gasteiger partial charge in [-0.15, -0.1) is 0 Å². The minimum atomic E-state index is -1.33. The number of nitro groups is 1. The number of aromatic nitrogens is 1. The van der Waals surface area contributed by atoms with Crippen LogP contribution in [-0.4, -0.2) is 26.5 Å². The molecule has 1 atom stereocenters. The zero-order valence-corrected chi connectivity index (χ0v) is 10.7. The first-order valence-electron chi connectivity index (χ1n) is 5.95. The molecule has 1 aromatic heterocycles. The van der Waals surface area contributed by atoms with E-state index in [9.17, 15) is 20.0 Å². The van der Waals surface area contributed by atoms with Gasteiger partial charge in [0.1, 0.15) is 17.2 Å². The van der Waals surface area contributed by atoms with E-state index in [1.54, 1.807) is 6.07 Å². The largest absolute Gasteiger partial charge is 0.480 e. The van der Waals surface area contributed by atoms with Gasteiger partial charge in [-0.05, 0) is 31.7 Å². The second kappa shape index (κ2) is 4.77. The number of nitrogens with zero attached hydrogens (tertiary/aromatic N) is 3. The molecular weight excluding hydrogens is 264 g/mol. The van der Waals surface area contributed by atoms with E-state index in [1.807, 2.05) is 0 Å². The number of carboxylic acid groups (broad SMARTS) is 1. The monoisotopic (exact) mass is 276 g/mol. The van der Waals surface area contributed by atoms with Gasteiger partial charge in [0.05, 0.1) is 4.92 Å². The molecule has 1 heterocycles. The summed E-state index contributed by atoms with van der Waals surface area (Å²) in [5.41, 5.74) is -1.98. The van der Waals surface area contributed by atoms with Gasteiger partial charge in [-0.1, -0.05) is 0 Å². The summed E-state index contributed by atoms with van der Waals surface area (Å²) in [6, 6.07) is 2.93. The highest BCUT2D eigenvalue weighted by molar-refractivity contribution is 5.84. The standard InChI is InChI=1S/C12H12N4O4/c1-12(11(17)18,8-2-3-8)15-10-9(16(19)20)7(6-13)4-5-14-10/h4-5,8H,2-3H2,1H3,(H,14,15)(H,17,18). The number of nitrogens with one attached hydrogen (secondary N) is 1. The van der Waals surface area contributed by atoms with E-state index in [1.165, 1.54) is 19.2 Å². The minimum absolute atomic E-state index is 0.104. The summed E-state index contributed by atoms with van der Waals surface area (Å²) >= 11 is 0. The van der Waals surface area contributed by atoms with Crippen molar-refractivity contribution in [2.24, 2.45) is 5.92 Å². The molecule has 0 amide bonds. The summed E-state index contributed by atoms with van der Waals surface area (Å²) in [7, 11) is 0. The molecule has 0 spiro atoms. The molecular formula is C12H12N4O4. The lowest BCUT2D eigenvalue weighted by molar-refractivity contribution is -0.384. The molecule has 1 saturated carbocycles. The van der Waals surface area contributed by atoms with Gasteiger partial charge in [0.15, 0.2) is 0 Å². The van der Waals surface area contributed by atoms with Crippen molar-refractivity contribution in [2.75, 3.05) is 5.32 Å². The molecule has 2 N–H and O–H groups in total. The third-order valence-corrected chi connectivity index (χ3v) is 3.44. The molecule has 104 valence electrons. The van der Waals surface area contributed by atoms with Crippen molar-refractivity contribution in [1.82, 2.24) is 4.98 Å². The highest BCUT2D eigenvalue weighted by Gasteiger charge is 2.48. The SMILES string of the molecule is CC(Nc1nccc(C#N)c1[N+](=O)[O-])(C(=O)O)C1CC1. The Morgan fingerprint density at radius 1 is 1.70 bits per heavy atom. The zero-order valence-electron chi connectivity index (χ0n) is 10.7. The van der Waals surface area contributed by atoms with Crippen molar-refractivity contribution in [3.63, 3.8) is 0 Å². The second-order valence-corrected chi connectivity index (χ2v) is 4.83. The fourth-order valence-electron chi connectivity index (χ4n) is 2.06. The van der Waals surface area contributed by atoms with Crippen LogP contribution in [0.5, 0.6) is 0 Å². The molecule has 1 aromatic rings. The van der Waals surface area contributed by atoms with Crippen LogP contribution in [0.3, 0.4) is 0 Å². The number of nitriles is 1. The summed E-state index contributed by atoms with van der Waals surface area (Å²) in [6.07, 6.45) is 2.71. The normalized spacial score (nSPS) is 16.8. The van der Waals surface area contributed by atoms with Gasteiger partial charge in [-0.2, -0.15) is 5.26 Å². The third kappa shape index (κ3) is 2.25. The molecule has 0 bridgehead atoms. The third-order valence-electron chi connectivity index (χ3n) is 3.44. The van der Waals surface area contributed by atoms with Gasteiger partial charge in [-0.25, -0.2) is 9.78 Å². The second-order valence-electron chi connectivity index (χ2n) is 4.83. The van der Waals surface area contributed by atoms with E-state index in [0.29, 0.717) is 0 Å². The fraction of sp³-hybridized carbons (Fsp3) is 0.417. The average molecular weight is 276 g/mol. The summed E-state index contributed by atoms with van der Waals surface area (Å²) in [6.45, 7) is 1.47. The van der Waals surface area contributed by atoms with Crippen LogP contribution in [0.2, 0.25) is 0 Å². The highest BCUT2D eigenvalue weighted by atomic mass is 16.6. The summed E-state index contributed by atoms with van der Waals surface area (Å²) in [5, 5.41) is 31.9. The lowest BCUT2D eigenvalue weighted by Crippen LogP contribution is -2.46. The molecule has 8 nitrogen and oxygen atoms in total. The Kier molecular flexibility index (Phi) is 3.28. The highest BCUT2D eigenvalue weighted by Crippen LogP contribution is 2.42. The Labute approximate surface area is 114 Å². The van der Waals surface area contributed by atoms with Gasteiger partial charge in [0, 0.05) is 6.20 Å². The number of hydrogen-bond donors (Lipinski definition) is 2. The summed E-state index contributed by atoms with van der Waals surface area (Å²) in [5.74, 6) is -1.39. The van der Waals surface area contributed by atoms with Crippen molar-refractivity contribution < 1.29 is 14.8 Å². The van der Waals surface area contributed by atoms with Gasteiger partial charge >= 0.3 is 11.7 Å². The van der Waals surface area contributed by atoms with E-state index in [4.69, 9.17) is 5.26 Å². The maximum atomic E-state index is 11.4. The molecule has 0 aromatic carbocycles. The van der Waals surface area contributed by atoms with Crippen molar-refractivity contribution >= 4 is 17.5 Å². The van der Waals surface area contributed by atoms with E-state index in [-0.39, 0.29) is 17.3 Å². The molecule has 20 heavy (non-hydrogen) atoms. The molecule has 0 aliphatic heterocycles. The average Bonchev–Trinajstić information content (AvgIpc) is 3.22. The first-order valence-corrected chi connectivity index (χ1v) is 5.95. The zero-order chi connectivity index (χ0) is 14.9. The van der Waals surface area contributed by atoms with E-state index in [0.717, 1.165) is 12.8 Å². The predicted octanol–water partition coefficient (Wildman–Crippen LogP) is 1.53. The van der Waals surface area contributed by atoms with Crippen molar-refractivity contribution in [1.29, 1.82) is 5.26 Å². The summed E-state index contributed by atoms with van der Waals surface area (Å²) in [4.78, 5) is 25.6. The van der Waals surface area contributed by atoms with Crippen LogP contribution in [0.4, 0.5) is 11.5 Å². The van der Waals surface area contributed by atoms with Crippen molar-refractivity contribution in [2.45, 2.75) is 25.3 Å². The smallest absolute Gasteiger partial charge is 0.329 e. The number of hydrogen-bond acceptors (Lipinski definition) is 6. The van der Waals surface area contributed by atoms with E-state index < -0.39 is 22.1 Å². The molecule has 1 aliphatic rings. The number of anilines is 1. The van der Waals surface area contributed by atoms with Crippen LogP contribution in [-0.2, 0) is 4.79 Å². The maximum Gasteiger partial charge on any atom is 0.329 e. The van der Waals surface area contributed by atoms with Gasteiger partial charge in [-0.3, -0.25) is 10.1 Å². The molecule has 1 unspecified atom stereocenters. The Balaban J connectivity index is 2.46. The first kappa shape index (κ1) is 13.7. The lowest BCUT2D eigenvalue weighted by atomic mass is 9.96. The number of aliphatic carboxylic acids is 1. The van der Waals surface area contributed by atoms with Crippen LogP contribution >= 0.6 is 0 Å². The van der Waals surface area contributed by atoms with Crippen LogP contribution in [0.1, 0.15) is 25.3 Å². The van der Waals surface area contributed by atoms with Crippen LogP contribution in [0, 0.1) is 27.4 Å². The van der Waals surface area contributed by atoms with Crippen molar-refractivity contribution in [3.05, 3.63) is 27.9 Å². The van der Waals surface area contributed by atoms with E-state index >= 15 is 0 Å². The first-order chi connectivity index (χ1) is 9.40. The number of carboxylic acids is 1. The number of rotatable bonds is 5. The topological polar surface area (TPSA) is 129 Å². The Hall–Kier alpha value is -2.69. The number of pyridine rings is 1. The lowest BCUT2D eigenvalue weighted by Gasteiger charge is -2.26. The Morgan fingerprint density at radius 3 is 2.80 bits per heavy atom. The minimum Gasteiger partial charge on any atom is -0.480 e. The van der Waals surface area contributed by atoms with Crippen LogP contribution in [0.25, 0.3) is 0 Å². The fourth-order valence-corrected chi connectivity index (χ4v) is 2.06. The molecule has 8 heteroatoms. The maximum absolute atomic E-state index is 11.4. The molecule has 2 rings (SSSR count). The van der Waals surface area contributed by atoms with E-state index in [2.05, 4.69) is 10.3 Å². The molecule has 1 fully saturated rings.